The minimum Gasteiger partial charge on any atom is -0.494 e. The van der Waals surface area contributed by atoms with Gasteiger partial charge < -0.3 is 15.2 Å². The Kier molecular flexibility index (Phi) is 4.98. The number of aliphatic hydroxyl groups is 1. The Balaban J connectivity index is 1.96. The van der Waals surface area contributed by atoms with E-state index in [2.05, 4.69) is 10.2 Å². The minimum atomic E-state index is -0.110. The van der Waals surface area contributed by atoms with Gasteiger partial charge in [-0.05, 0) is 45.0 Å². The second-order valence-corrected chi connectivity index (χ2v) is 5.11. The molecule has 5 nitrogen and oxygen atoms in total. The SMILES string of the molecule is CCOc1ccc(NC(=O)CN(C)C2CC2)cc1CO. The molecule has 0 aliphatic heterocycles. The molecule has 0 bridgehead atoms. The number of amides is 1. The highest BCUT2D eigenvalue weighted by atomic mass is 16.5. The van der Waals surface area contributed by atoms with Crippen LogP contribution in [-0.2, 0) is 11.4 Å². The Morgan fingerprint density at radius 1 is 1.50 bits per heavy atom. The summed E-state index contributed by atoms with van der Waals surface area (Å²) in [7, 11) is 1.97. The lowest BCUT2D eigenvalue weighted by molar-refractivity contribution is -0.117. The normalized spacial score (nSPS) is 14.4. The van der Waals surface area contributed by atoms with Gasteiger partial charge in [0.2, 0.25) is 5.91 Å². The fraction of sp³-hybridized carbons (Fsp3) is 0.533. The van der Waals surface area contributed by atoms with Gasteiger partial charge in [-0.3, -0.25) is 9.69 Å². The average molecular weight is 278 g/mol. The van der Waals surface area contributed by atoms with Gasteiger partial charge in [0, 0.05) is 17.3 Å². The summed E-state index contributed by atoms with van der Waals surface area (Å²) in [6, 6.07) is 5.88. The van der Waals surface area contributed by atoms with E-state index >= 15 is 0 Å². The molecule has 0 heterocycles. The van der Waals surface area contributed by atoms with E-state index in [1.54, 1.807) is 18.2 Å². The van der Waals surface area contributed by atoms with Crippen LogP contribution >= 0.6 is 0 Å². The summed E-state index contributed by atoms with van der Waals surface area (Å²) in [5.74, 6) is 0.621. The van der Waals surface area contributed by atoms with Crippen molar-refractivity contribution in [1.82, 2.24) is 4.90 Å². The van der Waals surface area contributed by atoms with Crippen LogP contribution in [-0.4, -0.2) is 42.2 Å². The van der Waals surface area contributed by atoms with E-state index in [9.17, 15) is 9.90 Å². The van der Waals surface area contributed by atoms with Crippen LogP contribution in [0.2, 0.25) is 0 Å². The fourth-order valence-corrected chi connectivity index (χ4v) is 2.15. The van der Waals surface area contributed by atoms with Crippen LogP contribution in [0.3, 0.4) is 0 Å². The van der Waals surface area contributed by atoms with E-state index < -0.39 is 0 Å². The van der Waals surface area contributed by atoms with Crippen LogP contribution in [0.25, 0.3) is 0 Å². The first-order chi connectivity index (χ1) is 9.63. The number of anilines is 1. The fourth-order valence-electron chi connectivity index (χ4n) is 2.15. The lowest BCUT2D eigenvalue weighted by atomic mass is 10.2. The molecule has 0 radical (unpaired) electrons. The molecule has 0 aromatic heterocycles. The van der Waals surface area contributed by atoms with Crippen molar-refractivity contribution >= 4 is 11.6 Å². The largest absolute Gasteiger partial charge is 0.494 e. The number of hydrogen-bond acceptors (Lipinski definition) is 4. The third-order valence-electron chi connectivity index (χ3n) is 3.38. The van der Waals surface area contributed by atoms with Crippen molar-refractivity contribution in [2.24, 2.45) is 0 Å². The van der Waals surface area contributed by atoms with Gasteiger partial charge in [-0.2, -0.15) is 0 Å². The molecule has 2 N–H and O–H groups in total. The number of rotatable bonds is 7. The van der Waals surface area contributed by atoms with Crippen molar-refractivity contribution < 1.29 is 14.6 Å². The number of carbonyl (C=O) groups excluding carboxylic acids is 1. The standard InChI is InChI=1S/C15H22N2O3/c1-3-20-14-7-4-12(8-11(14)10-18)16-15(19)9-17(2)13-5-6-13/h4,7-8,13,18H,3,5-6,9-10H2,1-2H3,(H,16,19). The molecule has 5 heteroatoms. The Bertz CT molecular complexity index is 472. The van der Waals surface area contributed by atoms with Gasteiger partial charge in [-0.1, -0.05) is 0 Å². The van der Waals surface area contributed by atoms with Crippen LogP contribution in [0.4, 0.5) is 5.69 Å². The molecule has 2 rings (SSSR count). The lowest BCUT2D eigenvalue weighted by Crippen LogP contribution is -2.31. The number of benzene rings is 1. The molecule has 1 aromatic rings. The van der Waals surface area contributed by atoms with Crippen LogP contribution in [0.15, 0.2) is 18.2 Å². The molecule has 1 fully saturated rings. The topological polar surface area (TPSA) is 61.8 Å². The van der Waals surface area contributed by atoms with Crippen molar-refractivity contribution in [2.75, 3.05) is 25.5 Å². The molecular formula is C15H22N2O3. The Hall–Kier alpha value is -1.59. The van der Waals surface area contributed by atoms with Gasteiger partial charge in [0.05, 0.1) is 19.8 Å². The van der Waals surface area contributed by atoms with E-state index in [0.717, 1.165) is 0 Å². The number of nitrogens with zero attached hydrogens (tertiary/aromatic N) is 1. The molecule has 0 unspecified atom stereocenters. The summed E-state index contributed by atoms with van der Waals surface area (Å²) in [4.78, 5) is 14.0. The molecule has 0 spiro atoms. The summed E-state index contributed by atoms with van der Waals surface area (Å²) in [6.07, 6.45) is 2.36. The number of carbonyl (C=O) groups is 1. The maximum Gasteiger partial charge on any atom is 0.238 e. The van der Waals surface area contributed by atoms with Crippen molar-refractivity contribution in [3.63, 3.8) is 0 Å². The first-order valence-electron chi connectivity index (χ1n) is 7.00. The van der Waals surface area contributed by atoms with Crippen LogP contribution in [0.1, 0.15) is 25.3 Å². The molecule has 0 atom stereocenters. The Labute approximate surface area is 119 Å². The van der Waals surface area contributed by atoms with E-state index in [0.29, 0.717) is 36.2 Å². The summed E-state index contributed by atoms with van der Waals surface area (Å²) in [5.41, 5.74) is 1.37. The molecule has 0 saturated heterocycles. The number of aliphatic hydroxyl groups excluding tert-OH is 1. The van der Waals surface area contributed by atoms with Crippen LogP contribution < -0.4 is 10.1 Å². The molecule has 20 heavy (non-hydrogen) atoms. The summed E-state index contributed by atoms with van der Waals surface area (Å²) in [5, 5.41) is 12.2. The molecule has 1 aliphatic carbocycles. The van der Waals surface area contributed by atoms with Crippen molar-refractivity contribution in [2.45, 2.75) is 32.4 Å². The quantitative estimate of drug-likeness (QED) is 0.795. The van der Waals surface area contributed by atoms with Gasteiger partial charge in [-0.25, -0.2) is 0 Å². The Morgan fingerprint density at radius 2 is 2.25 bits per heavy atom. The number of nitrogens with one attached hydrogen (secondary N) is 1. The van der Waals surface area contributed by atoms with E-state index in [1.807, 2.05) is 14.0 Å². The van der Waals surface area contributed by atoms with Gasteiger partial charge in [0.15, 0.2) is 0 Å². The number of likely N-dealkylation sites (N-methyl/N-ethyl adjacent to an activating group) is 1. The van der Waals surface area contributed by atoms with Gasteiger partial charge in [-0.15, -0.1) is 0 Å². The molecule has 110 valence electrons. The molecular weight excluding hydrogens is 256 g/mol. The van der Waals surface area contributed by atoms with Crippen LogP contribution in [0.5, 0.6) is 5.75 Å². The maximum absolute atomic E-state index is 11.9. The predicted molar refractivity (Wildman–Crippen MR) is 77.8 cm³/mol. The van der Waals surface area contributed by atoms with Crippen molar-refractivity contribution in [3.8, 4) is 5.75 Å². The van der Waals surface area contributed by atoms with E-state index in [4.69, 9.17) is 4.74 Å². The molecule has 1 saturated carbocycles. The lowest BCUT2D eigenvalue weighted by Gasteiger charge is -2.16. The van der Waals surface area contributed by atoms with Gasteiger partial charge in [0.1, 0.15) is 5.75 Å². The Morgan fingerprint density at radius 3 is 2.85 bits per heavy atom. The first-order valence-corrected chi connectivity index (χ1v) is 7.00. The summed E-state index contributed by atoms with van der Waals surface area (Å²) >= 11 is 0. The number of ether oxygens (including phenoxy) is 1. The smallest absolute Gasteiger partial charge is 0.238 e. The van der Waals surface area contributed by atoms with Crippen molar-refractivity contribution in [3.05, 3.63) is 23.8 Å². The second kappa shape index (κ2) is 6.72. The minimum absolute atomic E-state index is 0.0348. The zero-order valence-electron chi connectivity index (χ0n) is 12.1. The predicted octanol–water partition coefficient (Wildman–Crippen LogP) is 1.61. The zero-order valence-corrected chi connectivity index (χ0v) is 12.1. The third-order valence-corrected chi connectivity index (χ3v) is 3.38. The highest BCUT2D eigenvalue weighted by Crippen LogP contribution is 2.25. The van der Waals surface area contributed by atoms with Gasteiger partial charge in [0.25, 0.3) is 0 Å². The second-order valence-electron chi connectivity index (χ2n) is 5.11. The summed E-state index contributed by atoms with van der Waals surface area (Å²) in [6.45, 7) is 2.73. The molecule has 1 amide bonds. The number of hydrogen-bond donors (Lipinski definition) is 2. The zero-order chi connectivity index (χ0) is 14.5. The third kappa shape index (κ3) is 3.95. The van der Waals surface area contributed by atoms with Gasteiger partial charge >= 0.3 is 0 Å². The molecule has 1 aromatic carbocycles. The first kappa shape index (κ1) is 14.8. The maximum atomic E-state index is 11.9. The highest BCUT2D eigenvalue weighted by molar-refractivity contribution is 5.92. The monoisotopic (exact) mass is 278 g/mol. The highest BCUT2D eigenvalue weighted by Gasteiger charge is 2.27. The van der Waals surface area contributed by atoms with Crippen molar-refractivity contribution in [1.29, 1.82) is 0 Å². The molecule has 1 aliphatic rings. The van der Waals surface area contributed by atoms with E-state index in [-0.39, 0.29) is 12.5 Å². The van der Waals surface area contributed by atoms with Crippen LogP contribution in [0, 0.1) is 0 Å². The van der Waals surface area contributed by atoms with E-state index in [1.165, 1.54) is 12.8 Å². The average Bonchev–Trinajstić information content (AvgIpc) is 3.25. The summed E-state index contributed by atoms with van der Waals surface area (Å²) < 4.78 is 5.41.